The molecule has 6 nitrogen and oxygen atoms in total. The Morgan fingerprint density at radius 1 is 1.03 bits per heavy atom. The van der Waals surface area contributed by atoms with Crippen molar-refractivity contribution in [3.05, 3.63) is 72.9 Å². The number of H-pyrrole nitrogens is 1. The summed E-state index contributed by atoms with van der Waals surface area (Å²) in [4.78, 5) is 5.25. The lowest BCUT2D eigenvalue weighted by Crippen LogP contribution is -1.92. The van der Waals surface area contributed by atoms with Crippen LogP contribution in [0.15, 0.2) is 71.3 Å². The normalized spacial score (nSPS) is 11.5. The van der Waals surface area contributed by atoms with Crippen molar-refractivity contribution in [3.8, 4) is 33.0 Å². The van der Waals surface area contributed by atoms with Crippen molar-refractivity contribution < 1.29 is 12.8 Å². The van der Waals surface area contributed by atoms with Crippen molar-refractivity contribution in [2.75, 3.05) is 6.26 Å². The minimum atomic E-state index is -3.26. The molecule has 0 unspecified atom stereocenters. The molecule has 0 fully saturated rings. The van der Waals surface area contributed by atoms with Gasteiger partial charge in [0.25, 0.3) is 0 Å². The van der Waals surface area contributed by atoms with E-state index in [1.54, 1.807) is 36.7 Å². The Hall–Kier alpha value is -3.01. The van der Waals surface area contributed by atoms with E-state index >= 15 is 0 Å². The first-order valence-electron chi connectivity index (χ1n) is 8.97. The zero-order valence-corrected chi connectivity index (χ0v) is 18.6. The highest BCUT2D eigenvalue weighted by atomic mass is 35.5. The van der Waals surface area contributed by atoms with Crippen molar-refractivity contribution in [2.24, 2.45) is 0 Å². The maximum Gasteiger partial charge on any atom is 0.184 e. The Morgan fingerprint density at radius 3 is 2.48 bits per heavy atom. The fourth-order valence-electron chi connectivity index (χ4n) is 3.32. The van der Waals surface area contributed by atoms with E-state index in [4.69, 9.17) is 0 Å². The number of halogens is 2. The molecule has 5 rings (SSSR count). The van der Waals surface area contributed by atoms with Crippen LogP contribution in [0, 0.1) is 5.82 Å². The maximum atomic E-state index is 13.3. The average molecular weight is 475 g/mol. The second-order valence-electron chi connectivity index (χ2n) is 6.83. The van der Waals surface area contributed by atoms with Gasteiger partial charge in [-0.15, -0.1) is 23.7 Å². The van der Waals surface area contributed by atoms with E-state index in [0.29, 0.717) is 9.90 Å². The Labute approximate surface area is 187 Å². The molecule has 5 aromatic rings. The molecule has 0 aliphatic carbocycles. The number of hydrogen-bond acceptors (Lipinski definition) is 5. The van der Waals surface area contributed by atoms with Crippen LogP contribution in [0.1, 0.15) is 0 Å². The summed E-state index contributed by atoms with van der Waals surface area (Å²) in [6, 6.07) is 13.4. The molecular formula is C21H16ClFN4O2S2. The molecule has 0 saturated carbocycles. The van der Waals surface area contributed by atoms with Crippen LogP contribution in [-0.2, 0) is 9.84 Å². The van der Waals surface area contributed by atoms with Crippen LogP contribution in [0.25, 0.3) is 38.6 Å². The molecule has 0 atom stereocenters. The Balaban J connectivity index is 0.00000231. The summed E-state index contributed by atoms with van der Waals surface area (Å²) in [5.74, 6) is -0.301. The number of nitrogens with one attached hydrogen (secondary N) is 1. The van der Waals surface area contributed by atoms with Crippen LogP contribution in [0.5, 0.6) is 0 Å². The molecule has 0 saturated heterocycles. The van der Waals surface area contributed by atoms with Gasteiger partial charge in [0, 0.05) is 35.3 Å². The summed E-state index contributed by atoms with van der Waals surface area (Å²) in [5.41, 5.74) is 4.83. The van der Waals surface area contributed by atoms with Gasteiger partial charge in [-0.3, -0.25) is 9.50 Å². The van der Waals surface area contributed by atoms with Gasteiger partial charge in [-0.1, -0.05) is 0 Å². The van der Waals surface area contributed by atoms with E-state index < -0.39 is 9.84 Å². The number of rotatable bonds is 4. The summed E-state index contributed by atoms with van der Waals surface area (Å²) >= 11 is 1.21. The number of hydrogen-bond donors (Lipinski definition) is 1. The Kier molecular flexibility index (Phi) is 5.42. The summed E-state index contributed by atoms with van der Waals surface area (Å²) in [7, 11) is -3.26. The number of benzene rings is 1. The number of fused-ring (bicyclic) bond motifs is 1. The number of thiophene rings is 1. The molecule has 0 aliphatic rings. The van der Waals surface area contributed by atoms with Crippen LogP contribution in [-0.4, -0.2) is 34.3 Å². The molecule has 31 heavy (non-hydrogen) atoms. The highest BCUT2D eigenvalue weighted by Crippen LogP contribution is 2.34. The Morgan fingerprint density at radius 2 is 1.77 bits per heavy atom. The number of aromatic nitrogens is 4. The van der Waals surface area contributed by atoms with Crippen molar-refractivity contribution in [1.29, 1.82) is 0 Å². The monoisotopic (exact) mass is 474 g/mol. The lowest BCUT2D eigenvalue weighted by Gasteiger charge is -2.06. The first-order chi connectivity index (χ1) is 14.4. The van der Waals surface area contributed by atoms with Crippen LogP contribution < -0.4 is 0 Å². The third-order valence-corrected chi connectivity index (χ3v) is 7.70. The predicted octanol–water partition coefficient (Wildman–Crippen LogP) is 5.08. The van der Waals surface area contributed by atoms with Crippen molar-refractivity contribution >= 4 is 39.2 Å². The summed E-state index contributed by atoms with van der Waals surface area (Å²) in [6.45, 7) is 0. The molecule has 1 N–H and O–H groups in total. The first kappa shape index (κ1) is 21.2. The number of imidazole rings is 1. The third kappa shape index (κ3) is 3.87. The number of pyridine rings is 1. The lowest BCUT2D eigenvalue weighted by molar-refractivity contribution is 0.604. The smallest absolute Gasteiger partial charge is 0.184 e. The quantitative estimate of drug-likeness (QED) is 0.393. The Bertz CT molecular complexity index is 1490. The van der Waals surface area contributed by atoms with Crippen LogP contribution in [0.2, 0.25) is 0 Å². The molecule has 4 heterocycles. The fraction of sp³-hybridized carbons (Fsp3) is 0.0476. The molecule has 0 bridgehead atoms. The molecule has 1 aromatic carbocycles. The fourth-order valence-corrected chi connectivity index (χ4v) is 5.25. The van der Waals surface area contributed by atoms with Gasteiger partial charge in [-0.25, -0.2) is 17.8 Å². The molecule has 0 amide bonds. The second kappa shape index (κ2) is 7.92. The van der Waals surface area contributed by atoms with Crippen LogP contribution in [0.3, 0.4) is 0 Å². The number of nitrogens with zero attached hydrogens (tertiary/aromatic N) is 3. The minimum absolute atomic E-state index is 0. The minimum Gasteiger partial charge on any atom is -0.298 e. The van der Waals surface area contributed by atoms with Gasteiger partial charge in [-0.2, -0.15) is 5.10 Å². The van der Waals surface area contributed by atoms with Gasteiger partial charge >= 0.3 is 0 Å². The van der Waals surface area contributed by atoms with Gasteiger partial charge in [0.2, 0.25) is 0 Å². The molecule has 4 aromatic heterocycles. The van der Waals surface area contributed by atoms with E-state index in [2.05, 4.69) is 15.2 Å². The molecule has 0 radical (unpaired) electrons. The standard InChI is InChI=1S/C21H15FN4O2S2.ClH/c1-30(27,28)20-9-7-18(29-20)17-11-23-19-8-4-14(12-26(17)19)16-10-24-25-21(16)13-2-5-15(22)6-3-13;/h2-12H,1H3,(H,24,25);1H. The van der Waals surface area contributed by atoms with E-state index in [0.717, 1.165) is 32.9 Å². The maximum absolute atomic E-state index is 13.3. The van der Waals surface area contributed by atoms with E-state index in [1.807, 2.05) is 22.7 Å². The highest BCUT2D eigenvalue weighted by Gasteiger charge is 2.16. The largest absolute Gasteiger partial charge is 0.298 e. The van der Waals surface area contributed by atoms with E-state index in [9.17, 15) is 12.8 Å². The topological polar surface area (TPSA) is 80.1 Å². The van der Waals surface area contributed by atoms with Crippen LogP contribution in [0.4, 0.5) is 4.39 Å². The van der Waals surface area contributed by atoms with Gasteiger partial charge < -0.3 is 0 Å². The average Bonchev–Trinajstić information content (AvgIpc) is 3.46. The van der Waals surface area contributed by atoms with E-state index in [-0.39, 0.29) is 18.2 Å². The number of aromatic amines is 1. The molecule has 0 aliphatic heterocycles. The predicted molar refractivity (Wildman–Crippen MR) is 122 cm³/mol. The third-order valence-electron chi connectivity index (χ3n) is 4.77. The molecular weight excluding hydrogens is 459 g/mol. The van der Waals surface area contributed by atoms with Gasteiger partial charge in [0.1, 0.15) is 15.7 Å². The first-order valence-corrected chi connectivity index (χ1v) is 11.7. The summed E-state index contributed by atoms with van der Waals surface area (Å²) in [6.07, 6.45) is 6.66. The van der Waals surface area contributed by atoms with Gasteiger partial charge in [0.15, 0.2) is 9.84 Å². The SMILES string of the molecule is CS(=O)(=O)c1ccc(-c2cnc3ccc(-c4c[nH]nc4-c4ccc(F)cc4)cn23)s1.Cl. The lowest BCUT2D eigenvalue weighted by atomic mass is 10.0. The van der Waals surface area contributed by atoms with E-state index in [1.165, 1.54) is 29.7 Å². The summed E-state index contributed by atoms with van der Waals surface area (Å²) < 4.78 is 39.2. The van der Waals surface area contributed by atoms with Gasteiger partial charge in [-0.05, 0) is 48.5 Å². The zero-order chi connectivity index (χ0) is 20.9. The van der Waals surface area contributed by atoms with Crippen molar-refractivity contribution in [1.82, 2.24) is 19.6 Å². The second-order valence-corrected chi connectivity index (χ2v) is 10.2. The molecule has 0 spiro atoms. The molecule has 10 heteroatoms. The van der Waals surface area contributed by atoms with Crippen LogP contribution >= 0.6 is 23.7 Å². The van der Waals surface area contributed by atoms with Gasteiger partial charge in [0.05, 0.1) is 22.5 Å². The van der Waals surface area contributed by atoms with Crippen molar-refractivity contribution in [3.63, 3.8) is 0 Å². The van der Waals surface area contributed by atoms with Crippen molar-refractivity contribution in [2.45, 2.75) is 4.21 Å². The zero-order valence-electron chi connectivity index (χ0n) is 16.1. The number of sulfone groups is 1. The molecule has 158 valence electrons. The summed E-state index contributed by atoms with van der Waals surface area (Å²) in [5, 5.41) is 7.22. The highest BCUT2D eigenvalue weighted by molar-refractivity contribution is 7.92.